The van der Waals surface area contributed by atoms with Gasteiger partial charge in [0.2, 0.25) is 0 Å². The Morgan fingerprint density at radius 3 is 2.24 bits per heavy atom. The molecule has 0 fully saturated rings. The SMILES string of the molecule is C1=CC2c3cc4c5ccccc5n(-c5ccccc5)c4cc3N(c3cccc(-c4ccccc4)n3)C2C=C1. The molecule has 3 nitrogen and oxygen atoms in total. The quantitative estimate of drug-likeness (QED) is 0.249. The average Bonchev–Trinajstić information content (AvgIpc) is 3.49. The van der Waals surface area contributed by atoms with Crippen LogP contribution in [0.3, 0.4) is 0 Å². The van der Waals surface area contributed by atoms with Crippen molar-refractivity contribution in [3.05, 3.63) is 145 Å². The summed E-state index contributed by atoms with van der Waals surface area (Å²) in [5.74, 6) is 1.25. The number of hydrogen-bond donors (Lipinski definition) is 0. The third-order valence-electron chi connectivity index (χ3n) is 7.91. The van der Waals surface area contributed by atoms with Gasteiger partial charge >= 0.3 is 0 Å². The van der Waals surface area contributed by atoms with Crippen LogP contribution >= 0.6 is 0 Å². The molecule has 2 aliphatic rings. The summed E-state index contributed by atoms with van der Waals surface area (Å²) in [7, 11) is 0. The Labute approximate surface area is 221 Å². The summed E-state index contributed by atoms with van der Waals surface area (Å²) < 4.78 is 2.39. The van der Waals surface area contributed by atoms with E-state index in [0.717, 1.165) is 17.1 Å². The van der Waals surface area contributed by atoms with Crippen molar-refractivity contribution in [3.63, 3.8) is 0 Å². The maximum absolute atomic E-state index is 5.18. The van der Waals surface area contributed by atoms with Crippen LogP contribution in [0.2, 0.25) is 0 Å². The highest BCUT2D eigenvalue weighted by Crippen LogP contribution is 2.50. The Morgan fingerprint density at radius 2 is 1.37 bits per heavy atom. The summed E-state index contributed by atoms with van der Waals surface area (Å²) in [5, 5.41) is 2.57. The summed E-state index contributed by atoms with van der Waals surface area (Å²) >= 11 is 0. The van der Waals surface area contributed by atoms with Crippen LogP contribution in [0.25, 0.3) is 38.8 Å². The van der Waals surface area contributed by atoms with E-state index >= 15 is 0 Å². The number of allylic oxidation sites excluding steroid dienone is 2. The maximum atomic E-state index is 5.18. The number of fused-ring (bicyclic) bond motifs is 6. The van der Waals surface area contributed by atoms with Gasteiger partial charge in [-0.25, -0.2) is 4.98 Å². The van der Waals surface area contributed by atoms with Gasteiger partial charge in [-0.3, -0.25) is 0 Å². The second kappa shape index (κ2) is 8.32. The third kappa shape index (κ3) is 3.12. The highest BCUT2D eigenvalue weighted by atomic mass is 15.2. The second-order valence-electron chi connectivity index (χ2n) is 10.0. The van der Waals surface area contributed by atoms with Gasteiger partial charge in [0.1, 0.15) is 5.82 Å². The first kappa shape index (κ1) is 21.2. The van der Waals surface area contributed by atoms with E-state index in [9.17, 15) is 0 Å². The van der Waals surface area contributed by atoms with E-state index in [-0.39, 0.29) is 12.0 Å². The molecule has 2 atom stereocenters. The van der Waals surface area contributed by atoms with Crippen molar-refractivity contribution in [1.82, 2.24) is 9.55 Å². The van der Waals surface area contributed by atoms with Crippen LogP contribution in [0.4, 0.5) is 11.5 Å². The molecule has 38 heavy (non-hydrogen) atoms. The predicted octanol–water partition coefficient (Wildman–Crippen LogP) is 8.58. The van der Waals surface area contributed by atoms with Gasteiger partial charge < -0.3 is 9.47 Å². The molecule has 0 spiro atoms. The van der Waals surface area contributed by atoms with E-state index in [1.165, 1.54) is 38.7 Å². The molecular weight excluding hydrogens is 462 g/mol. The molecule has 0 saturated carbocycles. The highest BCUT2D eigenvalue weighted by molar-refractivity contribution is 6.11. The molecule has 3 heteroatoms. The number of rotatable bonds is 3. The topological polar surface area (TPSA) is 21.1 Å². The average molecular weight is 488 g/mol. The van der Waals surface area contributed by atoms with Crippen LogP contribution < -0.4 is 4.90 Å². The zero-order valence-corrected chi connectivity index (χ0v) is 20.8. The fourth-order valence-corrected chi connectivity index (χ4v) is 6.25. The Hall–Kier alpha value is -4.89. The minimum atomic E-state index is 0.191. The molecule has 4 aromatic carbocycles. The molecule has 0 radical (unpaired) electrons. The smallest absolute Gasteiger partial charge is 0.134 e. The van der Waals surface area contributed by atoms with Crippen molar-refractivity contribution >= 4 is 33.3 Å². The molecule has 6 aromatic rings. The molecule has 8 rings (SSSR count). The lowest BCUT2D eigenvalue weighted by molar-refractivity contribution is 0.738. The Balaban J connectivity index is 1.39. The summed E-state index contributed by atoms with van der Waals surface area (Å²) in [6.45, 7) is 0. The van der Waals surface area contributed by atoms with Gasteiger partial charge in [-0.15, -0.1) is 0 Å². The fourth-order valence-electron chi connectivity index (χ4n) is 6.25. The molecule has 2 aromatic heterocycles. The lowest BCUT2D eigenvalue weighted by Crippen LogP contribution is -2.29. The first-order valence-corrected chi connectivity index (χ1v) is 13.2. The second-order valence-corrected chi connectivity index (χ2v) is 10.0. The first-order valence-electron chi connectivity index (χ1n) is 13.2. The van der Waals surface area contributed by atoms with Gasteiger partial charge in [0, 0.05) is 33.6 Å². The summed E-state index contributed by atoms with van der Waals surface area (Å²) in [5.41, 5.74) is 8.31. The third-order valence-corrected chi connectivity index (χ3v) is 7.91. The van der Waals surface area contributed by atoms with Gasteiger partial charge in [-0.2, -0.15) is 0 Å². The fraction of sp³-hybridized carbons (Fsp3) is 0.0571. The minimum absolute atomic E-state index is 0.191. The van der Waals surface area contributed by atoms with Crippen molar-refractivity contribution in [1.29, 1.82) is 0 Å². The van der Waals surface area contributed by atoms with Gasteiger partial charge in [-0.05, 0) is 48.0 Å². The highest BCUT2D eigenvalue weighted by Gasteiger charge is 2.39. The van der Waals surface area contributed by atoms with E-state index in [4.69, 9.17) is 4.98 Å². The monoisotopic (exact) mass is 487 g/mol. The van der Waals surface area contributed by atoms with Crippen molar-refractivity contribution in [2.24, 2.45) is 0 Å². The largest absolute Gasteiger partial charge is 0.318 e. The zero-order chi connectivity index (χ0) is 25.1. The minimum Gasteiger partial charge on any atom is -0.318 e. The molecule has 2 unspecified atom stereocenters. The number of aromatic nitrogens is 2. The molecule has 0 N–H and O–H groups in total. The zero-order valence-electron chi connectivity index (χ0n) is 20.8. The molecular formula is C35H25N3. The van der Waals surface area contributed by atoms with Crippen molar-refractivity contribution in [2.45, 2.75) is 12.0 Å². The van der Waals surface area contributed by atoms with Gasteiger partial charge in [0.15, 0.2) is 0 Å². The van der Waals surface area contributed by atoms with Gasteiger partial charge in [-0.1, -0.05) is 97.1 Å². The molecule has 0 amide bonds. The Bertz CT molecular complexity index is 1880. The van der Waals surface area contributed by atoms with Crippen LogP contribution in [-0.4, -0.2) is 15.6 Å². The van der Waals surface area contributed by atoms with Crippen LogP contribution in [0.15, 0.2) is 140 Å². The number of nitrogens with zero attached hydrogens (tertiary/aromatic N) is 3. The summed E-state index contributed by atoms with van der Waals surface area (Å²) in [4.78, 5) is 7.61. The van der Waals surface area contributed by atoms with Crippen molar-refractivity contribution < 1.29 is 0 Å². The number of para-hydroxylation sites is 2. The van der Waals surface area contributed by atoms with Crippen LogP contribution in [0.5, 0.6) is 0 Å². The first-order chi connectivity index (χ1) is 18.9. The number of hydrogen-bond acceptors (Lipinski definition) is 2. The van der Waals surface area contributed by atoms with Crippen LogP contribution in [0.1, 0.15) is 11.5 Å². The standard InChI is InChI=1S/C35H25N3/c1-3-12-24(13-4-1)30-18-11-21-35(36-30)38-32-20-10-8-17-27(32)29-22-28-26-16-7-9-19-31(26)37(33(28)23-34(29)38)25-14-5-2-6-15-25/h1-23,27,32H. The van der Waals surface area contributed by atoms with Crippen molar-refractivity contribution in [2.75, 3.05) is 4.90 Å². The number of benzene rings is 4. The van der Waals surface area contributed by atoms with E-state index in [1.54, 1.807) is 0 Å². The molecule has 3 heterocycles. The van der Waals surface area contributed by atoms with Crippen molar-refractivity contribution in [3.8, 4) is 16.9 Å². The number of pyridine rings is 1. The predicted molar refractivity (Wildman–Crippen MR) is 157 cm³/mol. The number of anilines is 2. The lowest BCUT2D eigenvalue weighted by Gasteiger charge is -2.28. The molecule has 0 saturated heterocycles. The molecule has 180 valence electrons. The van der Waals surface area contributed by atoms with Crippen LogP contribution in [-0.2, 0) is 0 Å². The van der Waals surface area contributed by atoms with Gasteiger partial charge in [0.25, 0.3) is 0 Å². The Kier molecular flexibility index (Phi) is 4.65. The maximum Gasteiger partial charge on any atom is 0.134 e. The van der Waals surface area contributed by atoms with Gasteiger partial charge in [0.05, 0.1) is 22.8 Å². The molecule has 1 aliphatic carbocycles. The normalized spacial score (nSPS) is 17.7. The van der Waals surface area contributed by atoms with E-state index in [2.05, 4.69) is 143 Å². The van der Waals surface area contributed by atoms with E-state index in [1.807, 2.05) is 6.07 Å². The lowest BCUT2D eigenvalue weighted by atomic mass is 9.90. The molecule has 1 aliphatic heterocycles. The Morgan fingerprint density at radius 1 is 0.605 bits per heavy atom. The molecule has 0 bridgehead atoms. The van der Waals surface area contributed by atoms with E-state index in [0.29, 0.717) is 0 Å². The summed E-state index contributed by atoms with van der Waals surface area (Å²) in [6, 6.07) is 41.2. The van der Waals surface area contributed by atoms with E-state index < -0.39 is 0 Å². The summed E-state index contributed by atoms with van der Waals surface area (Å²) in [6.07, 6.45) is 9.00. The van der Waals surface area contributed by atoms with Crippen LogP contribution in [0, 0.1) is 0 Å².